The predicted octanol–water partition coefficient (Wildman–Crippen LogP) is 2.33. The Morgan fingerprint density at radius 3 is 2.58 bits per heavy atom. The van der Waals surface area contributed by atoms with Crippen LogP contribution in [0.1, 0.15) is 15.9 Å². The van der Waals surface area contributed by atoms with Gasteiger partial charge in [0.05, 0.1) is 11.0 Å². The van der Waals surface area contributed by atoms with E-state index in [1.54, 1.807) is 30.3 Å². The maximum atomic E-state index is 12.4. The van der Waals surface area contributed by atoms with E-state index in [-0.39, 0.29) is 5.91 Å². The molecule has 94 valence electrons. The number of nitrogens with one attached hydrogen (secondary N) is 1. The number of fused-ring (bicyclic) bond motifs is 1. The molecule has 4 nitrogen and oxygen atoms in total. The van der Waals surface area contributed by atoms with Gasteiger partial charge in [-0.2, -0.15) is 0 Å². The van der Waals surface area contributed by atoms with E-state index in [1.807, 2.05) is 25.1 Å². The lowest BCUT2D eigenvalue weighted by Gasteiger charge is -2.02. The van der Waals surface area contributed by atoms with E-state index in [9.17, 15) is 9.59 Å². The predicted molar refractivity (Wildman–Crippen MR) is 73.5 cm³/mol. The highest BCUT2D eigenvalue weighted by molar-refractivity contribution is 6.01. The molecule has 1 heterocycles. The highest BCUT2D eigenvalue weighted by Gasteiger charge is 2.15. The van der Waals surface area contributed by atoms with Gasteiger partial charge in [0.1, 0.15) is 0 Å². The van der Waals surface area contributed by atoms with E-state index in [0.29, 0.717) is 16.6 Å². The van der Waals surface area contributed by atoms with Crippen LogP contribution in [0, 0.1) is 6.92 Å². The van der Waals surface area contributed by atoms with Crippen LogP contribution in [0.4, 0.5) is 0 Å². The van der Waals surface area contributed by atoms with Crippen molar-refractivity contribution in [2.75, 3.05) is 0 Å². The summed E-state index contributed by atoms with van der Waals surface area (Å²) in [6.07, 6.45) is 0. The summed E-state index contributed by atoms with van der Waals surface area (Å²) in [5.41, 5.74) is 2.40. The van der Waals surface area contributed by atoms with Gasteiger partial charge in [-0.05, 0) is 36.8 Å². The summed E-state index contributed by atoms with van der Waals surface area (Å²) in [5.74, 6) is -0.319. The van der Waals surface area contributed by atoms with E-state index in [1.165, 1.54) is 4.57 Å². The highest BCUT2D eigenvalue weighted by atomic mass is 16.2. The molecule has 0 amide bonds. The Balaban J connectivity index is 2.23. The van der Waals surface area contributed by atoms with Crippen molar-refractivity contribution in [1.82, 2.24) is 9.55 Å². The van der Waals surface area contributed by atoms with Crippen LogP contribution in [0.15, 0.2) is 53.3 Å². The average molecular weight is 252 g/mol. The quantitative estimate of drug-likeness (QED) is 0.722. The van der Waals surface area contributed by atoms with Crippen molar-refractivity contribution in [1.29, 1.82) is 0 Å². The molecule has 0 saturated carbocycles. The van der Waals surface area contributed by atoms with Gasteiger partial charge in [-0.15, -0.1) is 0 Å². The second kappa shape index (κ2) is 4.24. The van der Waals surface area contributed by atoms with Gasteiger partial charge in [0, 0.05) is 5.56 Å². The van der Waals surface area contributed by atoms with Gasteiger partial charge in [0.2, 0.25) is 0 Å². The molecule has 3 aromatic rings. The van der Waals surface area contributed by atoms with Gasteiger partial charge in [-0.1, -0.05) is 24.3 Å². The summed E-state index contributed by atoms with van der Waals surface area (Å²) in [7, 11) is 0. The Kier molecular flexibility index (Phi) is 2.56. The maximum Gasteiger partial charge on any atom is 0.333 e. The lowest BCUT2D eigenvalue weighted by atomic mass is 10.2. The highest BCUT2D eigenvalue weighted by Crippen LogP contribution is 2.13. The number of nitrogens with zero attached hydrogens (tertiary/aromatic N) is 1. The van der Waals surface area contributed by atoms with Crippen LogP contribution in [0.2, 0.25) is 0 Å². The van der Waals surface area contributed by atoms with Crippen LogP contribution in [0.25, 0.3) is 11.0 Å². The number of aryl methyl sites for hydroxylation is 1. The summed E-state index contributed by atoms with van der Waals surface area (Å²) in [5, 5.41) is 0. The lowest BCUT2D eigenvalue weighted by Crippen LogP contribution is -2.24. The summed E-state index contributed by atoms with van der Waals surface area (Å²) in [4.78, 5) is 27.0. The number of carbonyl (C=O) groups is 1. The molecule has 0 aliphatic heterocycles. The minimum atomic E-state index is -0.408. The van der Waals surface area contributed by atoms with Crippen molar-refractivity contribution in [3.05, 3.63) is 70.1 Å². The molecular weight excluding hydrogens is 240 g/mol. The average Bonchev–Trinajstić information content (AvgIpc) is 2.74. The molecule has 0 saturated heterocycles. The molecular formula is C15H12N2O2. The van der Waals surface area contributed by atoms with Gasteiger partial charge >= 0.3 is 5.69 Å². The molecule has 0 fully saturated rings. The molecule has 2 aromatic carbocycles. The number of hydrogen-bond acceptors (Lipinski definition) is 2. The third-order valence-electron chi connectivity index (χ3n) is 3.06. The topological polar surface area (TPSA) is 54.9 Å². The van der Waals surface area contributed by atoms with E-state index in [4.69, 9.17) is 0 Å². The number of carbonyl (C=O) groups excluding carboxylic acids is 1. The second-order valence-electron chi connectivity index (χ2n) is 4.46. The zero-order valence-electron chi connectivity index (χ0n) is 10.4. The Morgan fingerprint density at radius 1 is 1.11 bits per heavy atom. The van der Waals surface area contributed by atoms with E-state index >= 15 is 0 Å². The van der Waals surface area contributed by atoms with Crippen LogP contribution in [-0.4, -0.2) is 15.5 Å². The van der Waals surface area contributed by atoms with Gasteiger partial charge in [-0.3, -0.25) is 4.79 Å². The van der Waals surface area contributed by atoms with E-state index in [2.05, 4.69) is 4.98 Å². The van der Waals surface area contributed by atoms with Gasteiger partial charge in [-0.25, -0.2) is 9.36 Å². The number of imidazole rings is 1. The first-order valence-electron chi connectivity index (χ1n) is 5.98. The lowest BCUT2D eigenvalue weighted by molar-refractivity contribution is 0.0961. The third-order valence-corrected chi connectivity index (χ3v) is 3.06. The standard InChI is InChI=1S/C15H12N2O2/c1-10-7-8-13-12(9-10)16-15(19)17(13)14(18)11-5-3-2-4-6-11/h2-9H,1H3,(H,16,19). The van der Waals surface area contributed by atoms with Crippen molar-refractivity contribution in [2.45, 2.75) is 6.92 Å². The van der Waals surface area contributed by atoms with Crippen molar-refractivity contribution in [3.63, 3.8) is 0 Å². The SMILES string of the molecule is Cc1ccc2c(c1)[nH]c(=O)n2C(=O)c1ccccc1. The molecule has 0 aliphatic carbocycles. The number of H-pyrrole nitrogens is 1. The molecule has 0 unspecified atom stereocenters. The smallest absolute Gasteiger partial charge is 0.305 e. The fourth-order valence-electron chi connectivity index (χ4n) is 2.14. The normalized spacial score (nSPS) is 10.8. The second-order valence-corrected chi connectivity index (χ2v) is 4.46. The molecule has 0 spiro atoms. The number of hydrogen-bond donors (Lipinski definition) is 1. The van der Waals surface area contributed by atoms with Crippen LogP contribution in [0.3, 0.4) is 0 Å². The van der Waals surface area contributed by atoms with Crippen LogP contribution >= 0.6 is 0 Å². The van der Waals surface area contributed by atoms with Crippen molar-refractivity contribution in [2.24, 2.45) is 0 Å². The Morgan fingerprint density at radius 2 is 1.84 bits per heavy atom. The number of aromatic amines is 1. The molecule has 0 radical (unpaired) electrons. The minimum Gasteiger partial charge on any atom is -0.305 e. The minimum absolute atomic E-state index is 0.319. The molecule has 4 heteroatoms. The van der Waals surface area contributed by atoms with Crippen molar-refractivity contribution >= 4 is 16.9 Å². The summed E-state index contributed by atoms with van der Waals surface area (Å²) >= 11 is 0. The van der Waals surface area contributed by atoms with Crippen LogP contribution in [0.5, 0.6) is 0 Å². The summed E-state index contributed by atoms with van der Waals surface area (Å²) in [6.45, 7) is 1.94. The van der Waals surface area contributed by atoms with Gasteiger partial charge in [0.15, 0.2) is 0 Å². The zero-order valence-corrected chi connectivity index (χ0v) is 10.4. The molecule has 0 aliphatic rings. The first-order chi connectivity index (χ1) is 9.16. The fourth-order valence-corrected chi connectivity index (χ4v) is 2.14. The first-order valence-corrected chi connectivity index (χ1v) is 5.98. The fraction of sp³-hybridized carbons (Fsp3) is 0.0667. The van der Waals surface area contributed by atoms with E-state index in [0.717, 1.165) is 5.56 Å². The number of benzene rings is 2. The van der Waals surface area contributed by atoms with Crippen molar-refractivity contribution < 1.29 is 4.79 Å². The molecule has 1 N–H and O–H groups in total. The van der Waals surface area contributed by atoms with E-state index < -0.39 is 5.69 Å². The monoisotopic (exact) mass is 252 g/mol. The Bertz CT molecular complexity index is 813. The Hall–Kier alpha value is -2.62. The molecule has 19 heavy (non-hydrogen) atoms. The van der Waals surface area contributed by atoms with Crippen molar-refractivity contribution in [3.8, 4) is 0 Å². The van der Waals surface area contributed by atoms with Crippen LogP contribution in [-0.2, 0) is 0 Å². The molecule has 1 aromatic heterocycles. The van der Waals surface area contributed by atoms with Gasteiger partial charge in [0.25, 0.3) is 5.91 Å². The largest absolute Gasteiger partial charge is 0.333 e. The third kappa shape index (κ3) is 1.87. The van der Waals surface area contributed by atoms with Gasteiger partial charge < -0.3 is 4.98 Å². The number of rotatable bonds is 1. The first kappa shape index (κ1) is 11.5. The Labute approximate surface area is 109 Å². The number of aromatic nitrogens is 2. The molecule has 3 rings (SSSR count). The molecule has 0 atom stereocenters. The zero-order chi connectivity index (χ0) is 13.4. The summed E-state index contributed by atoms with van der Waals surface area (Å²) in [6, 6.07) is 14.3. The maximum absolute atomic E-state index is 12.4. The molecule has 0 bridgehead atoms. The van der Waals surface area contributed by atoms with Crippen LogP contribution < -0.4 is 5.69 Å². The summed E-state index contributed by atoms with van der Waals surface area (Å²) < 4.78 is 1.17.